The first kappa shape index (κ1) is 11.3. The van der Waals surface area contributed by atoms with E-state index in [1.54, 1.807) is 18.1 Å². The molecule has 0 aliphatic rings. The predicted molar refractivity (Wildman–Crippen MR) is 67.3 cm³/mol. The molecule has 2 rings (SSSR count). The molecular formula is C12H14N4O. The van der Waals surface area contributed by atoms with Gasteiger partial charge in [-0.1, -0.05) is 12.1 Å². The third kappa shape index (κ3) is 2.34. The van der Waals surface area contributed by atoms with Gasteiger partial charge in [-0.3, -0.25) is 4.79 Å². The SMILES string of the molecule is CN(c1cccc(CN)c1)c1ncc[nH]c1=O. The minimum atomic E-state index is -0.215. The summed E-state index contributed by atoms with van der Waals surface area (Å²) in [5.74, 6) is 0.363. The molecule has 5 heteroatoms. The summed E-state index contributed by atoms with van der Waals surface area (Å²) in [6.07, 6.45) is 3.07. The first-order valence-corrected chi connectivity index (χ1v) is 5.29. The van der Waals surface area contributed by atoms with E-state index in [0.29, 0.717) is 12.4 Å². The molecule has 1 aromatic carbocycles. The van der Waals surface area contributed by atoms with Crippen molar-refractivity contribution in [3.8, 4) is 0 Å². The van der Waals surface area contributed by atoms with Crippen molar-refractivity contribution >= 4 is 11.5 Å². The number of benzene rings is 1. The number of nitrogens with one attached hydrogen (secondary N) is 1. The van der Waals surface area contributed by atoms with Crippen LogP contribution in [0.25, 0.3) is 0 Å². The van der Waals surface area contributed by atoms with Gasteiger partial charge in [-0.05, 0) is 17.7 Å². The molecule has 88 valence electrons. The highest BCUT2D eigenvalue weighted by molar-refractivity contribution is 5.58. The molecule has 1 aromatic heterocycles. The van der Waals surface area contributed by atoms with E-state index in [2.05, 4.69) is 9.97 Å². The number of H-pyrrole nitrogens is 1. The Morgan fingerprint density at radius 2 is 2.29 bits per heavy atom. The van der Waals surface area contributed by atoms with E-state index in [4.69, 9.17) is 5.73 Å². The maximum Gasteiger partial charge on any atom is 0.291 e. The number of hydrogen-bond acceptors (Lipinski definition) is 4. The standard InChI is InChI=1S/C12H14N4O/c1-16(11-12(17)15-6-5-14-11)10-4-2-3-9(7-10)8-13/h2-7H,8,13H2,1H3,(H,15,17). The van der Waals surface area contributed by atoms with Crippen LogP contribution in [0.15, 0.2) is 41.5 Å². The lowest BCUT2D eigenvalue weighted by atomic mass is 10.2. The number of nitrogens with two attached hydrogens (primary N) is 1. The van der Waals surface area contributed by atoms with Crippen LogP contribution in [0.1, 0.15) is 5.56 Å². The van der Waals surface area contributed by atoms with Gasteiger partial charge < -0.3 is 15.6 Å². The van der Waals surface area contributed by atoms with E-state index in [0.717, 1.165) is 11.3 Å². The summed E-state index contributed by atoms with van der Waals surface area (Å²) in [5.41, 5.74) is 7.27. The molecule has 0 saturated carbocycles. The second-order valence-electron chi connectivity index (χ2n) is 3.67. The van der Waals surface area contributed by atoms with Gasteiger partial charge in [0, 0.05) is 31.7 Å². The molecule has 2 aromatic rings. The van der Waals surface area contributed by atoms with Crippen molar-refractivity contribution in [3.05, 3.63) is 52.6 Å². The van der Waals surface area contributed by atoms with E-state index in [9.17, 15) is 4.79 Å². The maximum atomic E-state index is 11.6. The van der Waals surface area contributed by atoms with Crippen molar-refractivity contribution in [2.24, 2.45) is 5.73 Å². The van der Waals surface area contributed by atoms with Gasteiger partial charge in [0.15, 0.2) is 5.82 Å². The third-order valence-electron chi connectivity index (χ3n) is 2.54. The molecule has 0 spiro atoms. The minimum Gasteiger partial charge on any atom is -0.326 e. The Balaban J connectivity index is 2.40. The highest BCUT2D eigenvalue weighted by atomic mass is 16.1. The van der Waals surface area contributed by atoms with Gasteiger partial charge in [0.05, 0.1) is 0 Å². The highest BCUT2D eigenvalue weighted by Crippen LogP contribution is 2.19. The molecule has 0 amide bonds. The van der Waals surface area contributed by atoms with Crippen LogP contribution in [0, 0.1) is 0 Å². The Bertz CT molecular complexity index is 564. The number of anilines is 2. The van der Waals surface area contributed by atoms with Gasteiger partial charge in [-0.2, -0.15) is 0 Å². The lowest BCUT2D eigenvalue weighted by Gasteiger charge is -2.17. The van der Waals surface area contributed by atoms with Crippen molar-refractivity contribution in [1.82, 2.24) is 9.97 Å². The van der Waals surface area contributed by atoms with Gasteiger partial charge in [-0.25, -0.2) is 4.98 Å². The fourth-order valence-electron chi connectivity index (χ4n) is 1.60. The van der Waals surface area contributed by atoms with E-state index in [-0.39, 0.29) is 5.56 Å². The zero-order valence-corrected chi connectivity index (χ0v) is 9.55. The topological polar surface area (TPSA) is 75.0 Å². The van der Waals surface area contributed by atoms with Crippen molar-refractivity contribution in [3.63, 3.8) is 0 Å². The molecule has 17 heavy (non-hydrogen) atoms. The van der Waals surface area contributed by atoms with Crippen LogP contribution < -0.4 is 16.2 Å². The Labute approximate surface area is 98.9 Å². The van der Waals surface area contributed by atoms with Crippen molar-refractivity contribution in [2.45, 2.75) is 6.54 Å². The zero-order chi connectivity index (χ0) is 12.3. The lowest BCUT2D eigenvalue weighted by Crippen LogP contribution is -2.21. The van der Waals surface area contributed by atoms with Crippen LogP contribution in [-0.2, 0) is 6.54 Å². The zero-order valence-electron chi connectivity index (χ0n) is 9.55. The van der Waals surface area contributed by atoms with E-state index >= 15 is 0 Å². The Morgan fingerprint density at radius 3 is 3.00 bits per heavy atom. The average molecular weight is 230 g/mol. The molecule has 0 unspecified atom stereocenters. The van der Waals surface area contributed by atoms with Gasteiger partial charge in [0.2, 0.25) is 0 Å². The van der Waals surface area contributed by atoms with E-state index in [1.165, 1.54) is 6.20 Å². The smallest absolute Gasteiger partial charge is 0.291 e. The van der Waals surface area contributed by atoms with Crippen LogP contribution in [0.2, 0.25) is 0 Å². The van der Waals surface area contributed by atoms with E-state index < -0.39 is 0 Å². The molecule has 0 aliphatic heterocycles. The predicted octanol–water partition coefficient (Wildman–Crippen LogP) is 0.996. The molecule has 0 radical (unpaired) electrons. The molecule has 0 bridgehead atoms. The summed E-state index contributed by atoms with van der Waals surface area (Å²) in [6, 6.07) is 7.70. The number of rotatable bonds is 3. The van der Waals surface area contributed by atoms with Crippen molar-refractivity contribution < 1.29 is 0 Å². The quantitative estimate of drug-likeness (QED) is 0.824. The second-order valence-corrected chi connectivity index (χ2v) is 3.67. The number of hydrogen-bond donors (Lipinski definition) is 2. The van der Waals surface area contributed by atoms with Crippen LogP contribution in [-0.4, -0.2) is 17.0 Å². The Kier molecular flexibility index (Phi) is 3.20. The summed E-state index contributed by atoms with van der Waals surface area (Å²) >= 11 is 0. The summed E-state index contributed by atoms with van der Waals surface area (Å²) in [6.45, 7) is 0.472. The fourth-order valence-corrected chi connectivity index (χ4v) is 1.60. The molecule has 0 aliphatic carbocycles. The second kappa shape index (κ2) is 4.80. The molecule has 1 heterocycles. The van der Waals surface area contributed by atoms with Crippen molar-refractivity contribution in [2.75, 3.05) is 11.9 Å². The fraction of sp³-hybridized carbons (Fsp3) is 0.167. The van der Waals surface area contributed by atoms with Gasteiger partial charge in [0.1, 0.15) is 0 Å². The van der Waals surface area contributed by atoms with Gasteiger partial charge in [-0.15, -0.1) is 0 Å². The van der Waals surface area contributed by atoms with Crippen LogP contribution >= 0.6 is 0 Å². The molecule has 0 fully saturated rings. The average Bonchev–Trinajstić information content (AvgIpc) is 2.38. The highest BCUT2D eigenvalue weighted by Gasteiger charge is 2.09. The van der Waals surface area contributed by atoms with Crippen LogP contribution in [0.3, 0.4) is 0 Å². The third-order valence-corrected chi connectivity index (χ3v) is 2.54. The first-order valence-electron chi connectivity index (χ1n) is 5.29. The molecule has 5 nitrogen and oxygen atoms in total. The van der Waals surface area contributed by atoms with E-state index in [1.807, 2.05) is 24.3 Å². The monoisotopic (exact) mass is 230 g/mol. The van der Waals surface area contributed by atoms with Crippen molar-refractivity contribution in [1.29, 1.82) is 0 Å². The summed E-state index contributed by atoms with van der Waals surface area (Å²) < 4.78 is 0. The summed E-state index contributed by atoms with van der Waals surface area (Å²) in [7, 11) is 1.80. The number of aromatic nitrogens is 2. The molecular weight excluding hydrogens is 216 g/mol. The largest absolute Gasteiger partial charge is 0.326 e. The summed E-state index contributed by atoms with van der Waals surface area (Å²) in [4.78, 5) is 20.0. The number of aromatic amines is 1. The maximum absolute atomic E-state index is 11.6. The van der Waals surface area contributed by atoms with Gasteiger partial charge in [0.25, 0.3) is 5.56 Å². The summed E-state index contributed by atoms with van der Waals surface area (Å²) in [5, 5.41) is 0. The molecule has 0 atom stereocenters. The van der Waals surface area contributed by atoms with Crippen LogP contribution in [0.4, 0.5) is 11.5 Å². The number of nitrogens with zero attached hydrogens (tertiary/aromatic N) is 2. The normalized spacial score (nSPS) is 10.2. The molecule has 0 saturated heterocycles. The van der Waals surface area contributed by atoms with Gasteiger partial charge >= 0.3 is 0 Å². The van der Waals surface area contributed by atoms with Crippen LogP contribution in [0.5, 0.6) is 0 Å². The molecule has 3 N–H and O–H groups in total. The lowest BCUT2D eigenvalue weighted by molar-refractivity contribution is 1.03. The first-order chi connectivity index (χ1) is 8.22. The minimum absolute atomic E-state index is 0.215. The Hall–Kier alpha value is -2.14. The Morgan fingerprint density at radius 1 is 1.47 bits per heavy atom.